The minimum Gasteiger partial charge on any atom is -0.481 e. The van der Waals surface area contributed by atoms with E-state index in [0.717, 1.165) is 5.56 Å². The van der Waals surface area contributed by atoms with E-state index in [1.807, 2.05) is 30.3 Å². The van der Waals surface area contributed by atoms with Crippen LogP contribution >= 0.6 is 0 Å². The first kappa shape index (κ1) is 14.8. The van der Waals surface area contributed by atoms with Crippen molar-refractivity contribution in [1.82, 2.24) is 5.32 Å². The fraction of sp³-hybridized carbons (Fsp3) is 0.286. The molecule has 0 heterocycles. The van der Waals surface area contributed by atoms with Crippen LogP contribution in [0.2, 0.25) is 0 Å². The van der Waals surface area contributed by atoms with Crippen LogP contribution in [0.1, 0.15) is 12.0 Å². The molecule has 0 bridgehead atoms. The molecule has 1 rings (SSSR count). The largest absolute Gasteiger partial charge is 0.481 e. The van der Waals surface area contributed by atoms with Gasteiger partial charge in [-0.2, -0.15) is 0 Å². The van der Waals surface area contributed by atoms with Gasteiger partial charge >= 0.3 is 12.1 Å². The number of carboxylic acids is 1. The predicted octanol–water partition coefficient (Wildman–Crippen LogP) is 1.98. The molecule has 0 fully saturated rings. The molecule has 0 aliphatic carbocycles. The lowest BCUT2D eigenvalue weighted by atomic mass is 10.0. The number of nitrogens with one attached hydrogen (secondary N) is 1. The van der Waals surface area contributed by atoms with E-state index >= 15 is 0 Å². The summed E-state index contributed by atoms with van der Waals surface area (Å²) in [7, 11) is 0. The SMILES string of the molecule is C=CCOC(=O)N[C@H](CC(=O)O)Cc1ccccc1. The van der Waals surface area contributed by atoms with Gasteiger partial charge in [-0.3, -0.25) is 4.79 Å². The van der Waals surface area contributed by atoms with Crippen LogP contribution < -0.4 is 5.32 Å². The van der Waals surface area contributed by atoms with Gasteiger partial charge in [-0.15, -0.1) is 0 Å². The molecule has 1 aromatic carbocycles. The Morgan fingerprint density at radius 1 is 1.37 bits per heavy atom. The van der Waals surface area contributed by atoms with Gasteiger partial charge in [-0.25, -0.2) is 4.79 Å². The molecule has 5 heteroatoms. The topological polar surface area (TPSA) is 75.6 Å². The highest BCUT2D eigenvalue weighted by molar-refractivity contribution is 5.71. The Labute approximate surface area is 111 Å². The zero-order valence-corrected chi connectivity index (χ0v) is 10.5. The second kappa shape index (κ2) is 7.92. The maximum absolute atomic E-state index is 11.4. The van der Waals surface area contributed by atoms with E-state index in [-0.39, 0.29) is 13.0 Å². The molecule has 0 saturated heterocycles. The molecule has 0 aliphatic rings. The lowest BCUT2D eigenvalue weighted by Crippen LogP contribution is -2.38. The first-order valence-corrected chi connectivity index (χ1v) is 5.91. The molecule has 0 saturated carbocycles. The number of hydrogen-bond donors (Lipinski definition) is 2. The molecule has 0 unspecified atom stereocenters. The second-order valence-electron chi connectivity index (χ2n) is 4.02. The van der Waals surface area contributed by atoms with Crippen molar-refractivity contribution in [3.8, 4) is 0 Å². The monoisotopic (exact) mass is 263 g/mol. The molecule has 0 aliphatic heterocycles. The minimum atomic E-state index is -0.968. The average molecular weight is 263 g/mol. The van der Waals surface area contributed by atoms with Crippen molar-refractivity contribution in [1.29, 1.82) is 0 Å². The zero-order valence-electron chi connectivity index (χ0n) is 10.5. The van der Waals surface area contributed by atoms with E-state index in [1.54, 1.807) is 0 Å². The Morgan fingerprint density at radius 2 is 2.05 bits per heavy atom. The van der Waals surface area contributed by atoms with Gasteiger partial charge in [-0.05, 0) is 12.0 Å². The Hall–Kier alpha value is -2.30. The summed E-state index contributed by atoms with van der Waals surface area (Å²) >= 11 is 0. The standard InChI is InChI=1S/C14H17NO4/c1-2-8-19-14(18)15-12(10-13(16)17)9-11-6-4-3-5-7-11/h2-7,12H,1,8-10H2,(H,15,18)(H,16,17)/t12-/m0/s1. The van der Waals surface area contributed by atoms with E-state index in [1.165, 1.54) is 6.08 Å². The van der Waals surface area contributed by atoms with E-state index in [2.05, 4.69) is 11.9 Å². The van der Waals surface area contributed by atoms with Gasteiger partial charge in [0.15, 0.2) is 0 Å². The van der Waals surface area contributed by atoms with Crippen LogP contribution in [0, 0.1) is 0 Å². The molecule has 5 nitrogen and oxygen atoms in total. The number of alkyl carbamates (subject to hydrolysis) is 1. The van der Waals surface area contributed by atoms with Crippen LogP contribution in [-0.2, 0) is 16.0 Å². The smallest absolute Gasteiger partial charge is 0.407 e. The fourth-order valence-electron chi connectivity index (χ4n) is 1.63. The van der Waals surface area contributed by atoms with Crippen molar-refractivity contribution >= 4 is 12.1 Å². The maximum Gasteiger partial charge on any atom is 0.407 e. The summed E-state index contributed by atoms with van der Waals surface area (Å²) in [4.78, 5) is 22.2. The summed E-state index contributed by atoms with van der Waals surface area (Å²) in [5.74, 6) is -0.968. The first-order chi connectivity index (χ1) is 9.11. The van der Waals surface area contributed by atoms with Gasteiger partial charge in [-0.1, -0.05) is 43.0 Å². The number of carboxylic acid groups (broad SMARTS) is 1. The average Bonchev–Trinajstić information content (AvgIpc) is 2.36. The lowest BCUT2D eigenvalue weighted by molar-refractivity contribution is -0.137. The molecule has 0 aromatic heterocycles. The second-order valence-corrected chi connectivity index (χ2v) is 4.02. The molecule has 1 aromatic rings. The van der Waals surface area contributed by atoms with Gasteiger partial charge in [0.05, 0.1) is 6.42 Å². The van der Waals surface area contributed by atoms with Crippen molar-refractivity contribution in [2.45, 2.75) is 18.9 Å². The van der Waals surface area contributed by atoms with Crippen LogP contribution in [0.25, 0.3) is 0 Å². The van der Waals surface area contributed by atoms with Crippen molar-refractivity contribution in [2.24, 2.45) is 0 Å². The third kappa shape index (κ3) is 6.26. The summed E-state index contributed by atoms with van der Waals surface area (Å²) in [6, 6.07) is 8.86. The maximum atomic E-state index is 11.4. The number of rotatable bonds is 7. The molecule has 1 amide bonds. The molecule has 0 spiro atoms. The van der Waals surface area contributed by atoms with Crippen LogP contribution in [0.4, 0.5) is 4.79 Å². The van der Waals surface area contributed by atoms with E-state index in [4.69, 9.17) is 9.84 Å². The molecular weight excluding hydrogens is 246 g/mol. The molecule has 1 atom stereocenters. The van der Waals surface area contributed by atoms with Gasteiger partial charge in [0.25, 0.3) is 0 Å². The predicted molar refractivity (Wildman–Crippen MR) is 70.9 cm³/mol. The van der Waals surface area contributed by atoms with Crippen molar-refractivity contribution in [3.05, 3.63) is 48.6 Å². The van der Waals surface area contributed by atoms with Crippen molar-refractivity contribution < 1.29 is 19.4 Å². The Balaban J connectivity index is 2.58. The van der Waals surface area contributed by atoms with E-state index < -0.39 is 18.1 Å². The highest BCUT2D eigenvalue weighted by atomic mass is 16.5. The van der Waals surface area contributed by atoms with Crippen LogP contribution in [0.5, 0.6) is 0 Å². The highest BCUT2D eigenvalue weighted by Crippen LogP contribution is 2.06. The van der Waals surface area contributed by atoms with Crippen LogP contribution in [0.15, 0.2) is 43.0 Å². The minimum absolute atomic E-state index is 0.0942. The number of amides is 1. The van der Waals surface area contributed by atoms with Gasteiger partial charge in [0, 0.05) is 6.04 Å². The van der Waals surface area contributed by atoms with Crippen molar-refractivity contribution in [2.75, 3.05) is 6.61 Å². The third-order valence-corrected chi connectivity index (χ3v) is 2.40. The molecule has 2 N–H and O–H groups in total. The molecular formula is C14H17NO4. The molecule has 0 radical (unpaired) electrons. The first-order valence-electron chi connectivity index (χ1n) is 5.91. The highest BCUT2D eigenvalue weighted by Gasteiger charge is 2.17. The molecule has 102 valence electrons. The van der Waals surface area contributed by atoms with Gasteiger partial charge in [0.1, 0.15) is 6.61 Å². The summed E-state index contributed by atoms with van der Waals surface area (Å²) in [5.41, 5.74) is 0.956. The van der Waals surface area contributed by atoms with Gasteiger partial charge < -0.3 is 15.2 Å². The summed E-state index contributed by atoms with van der Waals surface area (Å²) < 4.78 is 4.78. The quantitative estimate of drug-likeness (QED) is 0.738. The third-order valence-electron chi connectivity index (χ3n) is 2.40. The number of ether oxygens (including phenoxy) is 1. The Morgan fingerprint density at radius 3 is 2.63 bits per heavy atom. The summed E-state index contributed by atoms with van der Waals surface area (Å²) in [6.45, 7) is 3.52. The number of carbonyl (C=O) groups excluding carboxylic acids is 1. The Kier molecular flexibility index (Phi) is 6.15. The van der Waals surface area contributed by atoms with E-state index in [9.17, 15) is 9.59 Å². The van der Waals surface area contributed by atoms with E-state index in [0.29, 0.717) is 6.42 Å². The number of aliphatic carboxylic acids is 1. The van der Waals surface area contributed by atoms with Gasteiger partial charge in [0.2, 0.25) is 0 Å². The Bertz CT molecular complexity index is 430. The van der Waals surface area contributed by atoms with Crippen molar-refractivity contribution in [3.63, 3.8) is 0 Å². The number of hydrogen-bond acceptors (Lipinski definition) is 3. The van der Waals surface area contributed by atoms with Crippen LogP contribution in [-0.4, -0.2) is 29.8 Å². The fourth-order valence-corrected chi connectivity index (χ4v) is 1.63. The normalized spacial score (nSPS) is 11.4. The lowest BCUT2D eigenvalue weighted by Gasteiger charge is -2.16. The number of benzene rings is 1. The summed E-state index contributed by atoms with van der Waals surface area (Å²) in [5, 5.41) is 11.4. The zero-order chi connectivity index (χ0) is 14.1. The number of carbonyl (C=O) groups is 2. The van der Waals surface area contributed by atoms with Crippen LogP contribution in [0.3, 0.4) is 0 Å². The molecule has 19 heavy (non-hydrogen) atoms. The summed E-state index contributed by atoms with van der Waals surface area (Å²) in [6.07, 6.45) is 1.10.